The first-order chi connectivity index (χ1) is 14.0. The zero-order valence-corrected chi connectivity index (χ0v) is 17.3. The van der Waals surface area contributed by atoms with Gasteiger partial charge in [-0.15, -0.1) is 0 Å². The zero-order valence-electron chi connectivity index (χ0n) is 15.6. The Morgan fingerprint density at radius 3 is 2.57 bits per heavy atom. The van der Waals surface area contributed by atoms with Crippen molar-refractivity contribution in [2.75, 3.05) is 17.3 Å². The van der Waals surface area contributed by atoms with Crippen LogP contribution in [0.3, 0.4) is 0 Å². The maximum atomic E-state index is 12.9. The van der Waals surface area contributed by atoms with Gasteiger partial charge in [0.2, 0.25) is 0 Å². The minimum atomic E-state index is -4.63. The lowest BCUT2D eigenvalue weighted by molar-refractivity contribution is -0.141. The second-order valence-corrected chi connectivity index (χ2v) is 11.5. The molecule has 13 heteroatoms. The third-order valence-electron chi connectivity index (χ3n) is 4.63. The molecule has 160 valence electrons. The molecule has 0 radical (unpaired) electrons. The van der Waals surface area contributed by atoms with Crippen LogP contribution in [0.25, 0.3) is 17.0 Å². The Morgan fingerprint density at radius 2 is 1.97 bits per heavy atom. The van der Waals surface area contributed by atoms with Gasteiger partial charge in [-0.25, -0.2) is 22.6 Å². The minimum Gasteiger partial charge on any atom is -0.290 e. The summed E-state index contributed by atoms with van der Waals surface area (Å²) < 4.78 is 81.8. The summed E-state index contributed by atoms with van der Waals surface area (Å²) >= 11 is 0. The van der Waals surface area contributed by atoms with Crippen LogP contribution in [0.5, 0.6) is 0 Å². The third kappa shape index (κ3) is 3.78. The molecule has 0 aliphatic carbocycles. The number of alkyl halides is 3. The Morgan fingerprint density at radius 1 is 1.23 bits per heavy atom. The lowest BCUT2D eigenvalue weighted by Crippen LogP contribution is -2.23. The molecule has 1 aliphatic rings. The maximum Gasteiger partial charge on any atom is 0.433 e. The normalized spacial score (nSPS) is 16.4. The van der Waals surface area contributed by atoms with Crippen molar-refractivity contribution >= 4 is 30.9 Å². The summed E-state index contributed by atoms with van der Waals surface area (Å²) in [6.07, 6.45) is -0.248. The second kappa shape index (κ2) is 7.01. The molecule has 0 amide bonds. The molecule has 0 aromatic carbocycles. The summed E-state index contributed by atoms with van der Waals surface area (Å²) in [6, 6.07) is 2.05. The summed E-state index contributed by atoms with van der Waals surface area (Å²) in [4.78, 5) is 11.5. The average molecular weight is 459 g/mol. The molecule has 0 N–H and O–H groups in total. The van der Waals surface area contributed by atoms with Crippen molar-refractivity contribution in [1.82, 2.24) is 19.4 Å². The summed E-state index contributed by atoms with van der Waals surface area (Å²) in [5, 5.41) is 0. The van der Waals surface area contributed by atoms with Gasteiger partial charge in [-0.05, 0) is 12.5 Å². The molecule has 0 atom stereocenters. The SMILES string of the molecule is CCS(=O)(=O)c1cc(N=S2(=O)CCC2)cnc1-c1cn2cnc(C(F)(F)F)cc2n1. The highest BCUT2D eigenvalue weighted by atomic mass is 32.2. The average Bonchev–Trinajstić information content (AvgIpc) is 3.09. The summed E-state index contributed by atoms with van der Waals surface area (Å²) in [7, 11) is -6.14. The number of halogens is 3. The number of aromatic nitrogens is 4. The minimum absolute atomic E-state index is 0.0170. The number of pyridine rings is 1. The Hall–Kier alpha value is -2.54. The van der Waals surface area contributed by atoms with E-state index in [1.807, 2.05) is 0 Å². The molecule has 4 heterocycles. The summed E-state index contributed by atoms with van der Waals surface area (Å²) in [6.45, 7) is 1.46. The molecule has 3 aromatic rings. The smallest absolute Gasteiger partial charge is 0.290 e. The Labute approximate surface area is 170 Å². The van der Waals surface area contributed by atoms with E-state index in [0.717, 1.165) is 18.8 Å². The van der Waals surface area contributed by atoms with Gasteiger partial charge >= 0.3 is 6.18 Å². The van der Waals surface area contributed by atoms with Crippen molar-refractivity contribution in [2.24, 2.45) is 4.36 Å². The lowest BCUT2D eigenvalue weighted by atomic mass is 10.3. The van der Waals surface area contributed by atoms with Gasteiger partial charge < -0.3 is 0 Å². The highest BCUT2D eigenvalue weighted by Gasteiger charge is 2.33. The van der Waals surface area contributed by atoms with Crippen LogP contribution in [0, 0.1) is 0 Å². The van der Waals surface area contributed by atoms with E-state index in [4.69, 9.17) is 0 Å². The van der Waals surface area contributed by atoms with E-state index in [2.05, 4.69) is 19.3 Å². The number of fused-ring (bicyclic) bond motifs is 1. The van der Waals surface area contributed by atoms with E-state index in [1.165, 1.54) is 29.8 Å². The molecule has 0 bridgehead atoms. The first-order valence-corrected chi connectivity index (χ1v) is 12.4. The van der Waals surface area contributed by atoms with Crippen molar-refractivity contribution in [1.29, 1.82) is 0 Å². The van der Waals surface area contributed by atoms with Crippen LogP contribution in [-0.2, 0) is 25.7 Å². The van der Waals surface area contributed by atoms with Crippen LogP contribution in [-0.4, -0.2) is 49.2 Å². The van der Waals surface area contributed by atoms with Crippen molar-refractivity contribution in [3.8, 4) is 11.4 Å². The van der Waals surface area contributed by atoms with Crippen molar-refractivity contribution < 1.29 is 25.8 Å². The molecule has 3 aromatic heterocycles. The van der Waals surface area contributed by atoms with Gasteiger partial charge in [0.05, 0.1) is 32.3 Å². The molecule has 1 aliphatic heterocycles. The quantitative estimate of drug-likeness (QED) is 0.594. The lowest BCUT2D eigenvalue weighted by Gasteiger charge is -2.18. The summed E-state index contributed by atoms with van der Waals surface area (Å²) in [5.41, 5.74) is -0.931. The van der Waals surface area contributed by atoms with E-state index in [9.17, 15) is 25.8 Å². The molecule has 8 nitrogen and oxygen atoms in total. The fourth-order valence-electron chi connectivity index (χ4n) is 2.90. The van der Waals surface area contributed by atoms with Gasteiger partial charge in [0, 0.05) is 23.8 Å². The van der Waals surface area contributed by atoms with E-state index in [0.29, 0.717) is 11.5 Å². The van der Waals surface area contributed by atoms with Crippen LogP contribution < -0.4 is 0 Å². The van der Waals surface area contributed by atoms with Crippen molar-refractivity contribution in [3.05, 3.63) is 36.5 Å². The monoisotopic (exact) mass is 459 g/mol. The molecule has 30 heavy (non-hydrogen) atoms. The van der Waals surface area contributed by atoms with Gasteiger partial charge in [0.25, 0.3) is 0 Å². The van der Waals surface area contributed by atoms with E-state index >= 15 is 0 Å². The first-order valence-electron chi connectivity index (χ1n) is 8.88. The number of nitrogens with zero attached hydrogens (tertiary/aromatic N) is 5. The fourth-order valence-corrected chi connectivity index (χ4v) is 5.42. The number of hydrogen-bond acceptors (Lipinski definition) is 7. The van der Waals surface area contributed by atoms with Gasteiger partial charge in [0.1, 0.15) is 29.1 Å². The van der Waals surface area contributed by atoms with Crippen molar-refractivity contribution in [2.45, 2.75) is 24.4 Å². The van der Waals surface area contributed by atoms with Crippen molar-refractivity contribution in [3.63, 3.8) is 0 Å². The fraction of sp³-hybridized carbons (Fsp3) is 0.353. The number of imidazole rings is 1. The van der Waals surface area contributed by atoms with Crippen LogP contribution in [0.15, 0.2) is 40.1 Å². The van der Waals surface area contributed by atoms with Crippen LogP contribution in [0.1, 0.15) is 19.0 Å². The molecule has 4 rings (SSSR count). The highest BCUT2D eigenvalue weighted by molar-refractivity contribution is 7.95. The molecular weight excluding hydrogens is 443 g/mol. The number of sulfone groups is 1. The largest absolute Gasteiger partial charge is 0.433 e. The summed E-state index contributed by atoms with van der Waals surface area (Å²) in [5.74, 6) is 0.671. The maximum absolute atomic E-state index is 12.9. The van der Waals surface area contributed by atoms with Gasteiger partial charge in [-0.1, -0.05) is 6.92 Å². The predicted octanol–water partition coefficient (Wildman–Crippen LogP) is 3.11. The topological polar surface area (TPSA) is 107 Å². The first kappa shape index (κ1) is 20.7. The number of hydrogen-bond donors (Lipinski definition) is 0. The van der Waals surface area contributed by atoms with Crippen LogP contribution in [0.4, 0.5) is 18.9 Å². The Kier molecular flexibility index (Phi) is 4.84. The molecule has 0 saturated carbocycles. The van der Waals surface area contributed by atoms with E-state index in [-0.39, 0.29) is 33.4 Å². The molecule has 0 unspecified atom stereocenters. The third-order valence-corrected chi connectivity index (χ3v) is 8.77. The van der Waals surface area contributed by atoms with Crippen LogP contribution >= 0.6 is 0 Å². The molecule has 0 spiro atoms. The standard InChI is InChI=1S/C17H16F3N5O3S2/c1-2-30(27,28)13-6-11(24-29(26)4-3-5-29)8-21-16(13)12-9-25-10-22-14(17(18,19)20)7-15(25)23-12/h6-10H,2-5H2,1H3. The Bertz CT molecular complexity index is 1360. The molecule has 1 fully saturated rings. The van der Waals surface area contributed by atoms with E-state index < -0.39 is 31.4 Å². The highest BCUT2D eigenvalue weighted by Crippen LogP contribution is 2.32. The van der Waals surface area contributed by atoms with Crippen LogP contribution in [0.2, 0.25) is 0 Å². The van der Waals surface area contributed by atoms with Gasteiger partial charge in [-0.3, -0.25) is 9.38 Å². The Balaban J connectivity index is 1.87. The van der Waals surface area contributed by atoms with E-state index in [1.54, 1.807) is 0 Å². The van der Waals surface area contributed by atoms with Gasteiger partial charge in [0.15, 0.2) is 9.84 Å². The second-order valence-electron chi connectivity index (χ2n) is 6.73. The number of rotatable bonds is 4. The predicted molar refractivity (Wildman–Crippen MR) is 104 cm³/mol. The molecule has 1 saturated heterocycles. The molecular formula is C17H16F3N5O3S2. The van der Waals surface area contributed by atoms with Gasteiger partial charge in [-0.2, -0.15) is 17.5 Å². The zero-order chi connectivity index (χ0) is 21.7.